The first-order chi connectivity index (χ1) is 6.16. The maximum Gasteiger partial charge on any atom is 0.166 e. The molecule has 0 N–H and O–H groups in total. The molecule has 0 amide bonds. The molecular weight excluding hydrogens is 235 g/mol. The monoisotopic (exact) mass is 244 g/mol. The van der Waals surface area contributed by atoms with Crippen LogP contribution in [0.15, 0.2) is 16.7 Å². The Morgan fingerprint density at radius 3 is 2.85 bits per heavy atom. The number of rotatable bonds is 1. The highest BCUT2D eigenvalue weighted by molar-refractivity contribution is 9.10. The lowest BCUT2D eigenvalue weighted by atomic mass is 10.0. The first-order valence-corrected chi connectivity index (χ1v) is 5.02. The number of halogens is 2. The van der Waals surface area contributed by atoms with Gasteiger partial charge in [-0.1, -0.05) is 6.92 Å². The maximum atomic E-state index is 13.3. The highest BCUT2D eigenvalue weighted by Gasteiger charge is 2.25. The predicted molar refractivity (Wildman–Crippen MR) is 53.3 cm³/mol. The molecule has 1 aliphatic heterocycles. The Morgan fingerprint density at radius 2 is 2.31 bits per heavy atom. The molecule has 1 aromatic heterocycles. The molecule has 0 saturated carbocycles. The Kier molecular flexibility index (Phi) is 2.24. The van der Waals surface area contributed by atoms with Gasteiger partial charge < -0.3 is 4.90 Å². The first-order valence-electron chi connectivity index (χ1n) is 4.23. The van der Waals surface area contributed by atoms with Gasteiger partial charge >= 0.3 is 0 Å². The van der Waals surface area contributed by atoms with E-state index in [0.29, 0.717) is 16.2 Å². The second-order valence-corrected chi connectivity index (χ2v) is 4.38. The van der Waals surface area contributed by atoms with Crippen molar-refractivity contribution in [3.63, 3.8) is 0 Å². The average molecular weight is 245 g/mol. The highest BCUT2D eigenvalue weighted by atomic mass is 79.9. The molecular formula is C9H10BrFN2. The summed E-state index contributed by atoms with van der Waals surface area (Å²) in [5.74, 6) is 0.882. The summed E-state index contributed by atoms with van der Waals surface area (Å²) in [6.07, 6.45) is 1.63. The van der Waals surface area contributed by atoms with Gasteiger partial charge in [0, 0.05) is 23.8 Å². The van der Waals surface area contributed by atoms with E-state index < -0.39 is 0 Å². The van der Waals surface area contributed by atoms with Crippen molar-refractivity contribution in [2.45, 2.75) is 6.92 Å². The van der Waals surface area contributed by atoms with Crippen molar-refractivity contribution >= 4 is 21.7 Å². The van der Waals surface area contributed by atoms with Crippen molar-refractivity contribution in [2.24, 2.45) is 5.92 Å². The van der Waals surface area contributed by atoms with Gasteiger partial charge in [-0.3, -0.25) is 0 Å². The van der Waals surface area contributed by atoms with Crippen LogP contribution < -0.4 is 4.90 Å². The molecule has 0 atom stereocenters. The lowest BCUT2D eigenvalue weighted by Gasteiger charge is -2.38. The van der Waals surface area contributed by atoms with E-state index in [1.54, 1.807) is 6.20 Å². The molecule has 4 heteroatoms. The van der Waals surface area contributed by atoms with Crippen LogP contribution in [0.1, 0.15) is 6.92 Å². The Labute approximate surface area is 84.9 Å². The van der Waals surface area contributed by atoms with Gasteiger partial charge in [-0.25, -0.2) is 9.37 Å². The van der Waals surface area contributed by atoms with Gasteiger partial charge in [-0.15, -0.1) is 0 Å². The summed E-state index contributed by atoms with van der Waals surface area (Å²) in [6, 6.07) is 1.45. The third-order valence-electron chi connectivity index (χ3n) is 2.15. The maximum absolute atomic E-state index is 13.3. The Morgan fingerprint density at radius 1 is 1.62 bits per heavy atom. The van der Waals surface area contributed by atoms with E-state index in [2.05, 4.69) is 27.8 Å². The van der Waals surface area contributed by atoms with Crippen LogP contribution in [0.5, 0.6) is 0 Å². The summed E-state index contributed by atoms with van der Waals surface area (Å²) >= 11 is 3.18. The second-order valence-electron chi connectivity index (χ2n) is 3.47. The van der Waals surface area contributed by atoms with Gasteiger partial charge in [0.15, 0.2) is 11.6 Å². The van der Waals surface area contributed by atoms with Gasteiger partial charge in [-0.05, 0) is 27.9 Å². The van der Waals surface area contributed by atoms with Crippen LogP contribution in [0, 0.1) is 11.7 Å². The van der Waals surface area contributed by atoms with Gasteiger partial charge in [0.1, 0.15) is 0 Å². The lowest BCUT2D eigenvalue weighted by molar-refractivity contribution is 0.434. The first kappa shape index (κ1) is 8.94. The van der Waals surface area contributed by atoms with Crippen molar-refractivity contribution < 1.29 is 4.39 Å². The summed E-state index contributed by atoms with van der Waals surface area (Å²) in [5.41, 5.74) is 0. The minimum Gasteiger partial charge on any atom is -0.354 e. The molecule has 1 saturated heterocycles. The van der Waals surface area contributed by atoms with Crippen molar-refractivity contribution in [1.82, 2.24) is 4.98 Å². The smallest absolute Gasteiger partial charge is 0.166 e. The predicted octanol–water partition coefficient (Wildman–Crippen LogP) is 2.44. The topological polar surface area (TPSA) is 16.1 Å². The van der Waals surface area contributed by atoms with Crippen LogP contribution in [0.2, 0.25) is 0 Å². The molecule has 0 radical (unpaired) electrons. The molecule has 2 nitrogen and oxygen atoms in total. The molecule has 2 rings (SSSR count). The molecule has 1 fully saturated rings. The fraction of sp³-hybridized carbons (Fsp3) is 0.444. The molecule has 0 aliphatic carbocycles. The molecule has 13 heavy (non-hydrogen) atoms. The summed E-state index contributed by atoms with van der Waals surface area (Å²) in [7, 11) is 0. The molecule has 1 aliphatic rings. The van der Waals surface area contributed by atoms with Crippen molar-refractivity contribution in [3.05, 3.63) is 22.6 Å². The lowest BCUT2D eigenvalue weighted by Crippen LogP contribution is -2.46. The number of aromatic nitrogens is 1. The minimum absolute atomic E-state index is 0.249. The molecule has 0 unspecified atom stereocenters. The second kappa shape index (κ2) is 3.25. The van der Waals surface area contributed by atoms with Crippen LogP contribution in [-0.2, 0) is 0 Å². The Hall–Kier alpha value is -0.640. The van der Waals surface area contributed by atoms with Crippen LogP contribution in [0.25, 0.3) is 0 Å². The quantitative estimate of drug-likeness (QED) is 0.755. The third kappa shape index (κ3) is 1.68. The largest absolute Gasteiger partial charge is 0.354 e. The van der Waals surface area contributed by atoms with Crippen LogP contribution >= 0.6 is 15.9 Å². The molecule has 0 aromatic carbocycles. The average Bonchev–Trinajstić information content (AvgIpc) is 2.00. The Bertz CT molecular complexity index is 323. The van der Waals surface area contributed by atoms with Crippen LogP contribution in [0.4, 0.5) is 10.2 Å². The van der Waals surface area contributed by atoms with E-state index in [1.165, 1.54) is 6.07 Å². The summed E-state index contributed by atoms with van der Waals surface area (Å²) < 4.78 is 14.0. The number of nitrogens with zero attached hydrogens (tertiary/aromatic N) is 2. The highest BCUT2D eigenvalue weighted by Crippen LogP contribution is 2.26. The molecule has 70 valence electrons. The van der Waals surface area contributed by atoms with Gasteiger partial charge in [0.05, 0.1) is 0 Å². The van der Waals surface area contributed by atoms with E-state index in [-0.39, 0.29) is 5.82 Å². The Balaban J connectivity index is 2.21. The number of pyridine rings is 1. The van der Waals surface area contributed by atoms with Crippen LogP contribution in [-0.4, -0.2) is 18.1 Å². The summed E-state index contributed by atoms with van der Waals surface area (Å²) in [5, 5.41) is 0. The standard InChI is InChI=1S/C9H10BrFN2/c1-6-4-13(5-6)9-8(11)2-7(10)3-12-9/h2-3,6H,4-5H2,1H3. The molecule has 2 heterocycles. The number of hydrogen-bond acceptors (Lipinski definition) is 2. The fourth-order valence-electron chi connectivity index (χ4n) is 1.51. The van der Waals surface area contributed by atoms with Gasteiger partial charge in [0.25, 0.3) is 0 Å². The van der Waals surface area contributed by atoms with Gasteiger partial charge in [-0.2, -0.15) is 0 Å². The number of anilines is 1. The van der Waals surface area contributed by atoms with E-state index in [4.69, 9.17) is 0 Å². The SMILES string of the molecule is CC1CN(c2ncc(Br)cc2F)C1. The van der Waals surface area contributed by atoms with Crippen molar-refractivity contribution in [3.8, 4) is 0 Å². The minimum atomic E-state index is -0.249. The third-order valence-corrected chi connectivity index (χ3v) is 2.59. The number of hydrogen-bond donors (Lipinski definition) is 0. The zero-order chi connectivity index (χ0) is 9.42. The van der Waals surface area contributed by atoms with E-state index in [1.807, 2.05) is 4.90 Å². The van der Waals surface area contributed by atoms with E-state index in [9.17, 15) is 4.39 Å². The zero-order valence-electron chi connectivity index (χ0n) is 7.30. The molecule has 0 spiro atoms. The van der Waals surface area contributed by atoms with E-state index >= 15 is 0 Å². The summed E-state index contributed by atoms with van der Waals surface area (Å²) in [6.45, 7) is 3.96. The zero-order valence-corrected chi connectivity index (χ0v) is 8.88. The fourth-order valence-corrected chi connectivity index (χ4v) is 1.82. The van der Waals surface area contributed by atoms with Crippen LogP contribution in [0.3, 0.4) is 0 Å². The van der Waals surface area contributed by atoms with Gasteiger partial charge in [0.2, 0.25) is 0 Å². The molecule has 0 bridgehead atoms. The van der Waals surface area contributed by atoms with Crippen molar-refractivity contribution in [2.75, 3.05) is 18.0 Å². The molecule has 1 aromatic rings. The normalized spacial score (nSPS) is 17.3. The van der Waals surface area contributed by atoms with Crippen molar-refractivity contribution in [1.29, 1.82) is 0 Å². The van der Waals surface area contributed by atoms with E-state index in [0.717, 1.165) is 13.1 Å². The summed E-state index contributed by atoms with van der Waals surface area (Å²) in [4.78, 5) is 5.99.